The molecule has 5 rings (SSSR count). The number of anilines is 1. The molecule has 2 aromatic heterocycles. The topological polar surface area (TPSA) is 90.9 Å². The molecule has 146 valence electrons. The lowest BCUT2D eigenvalue weighted by atomic mass is 9.79. The zero-order chi connectivity index (χ0) is 20.1. The van der Waals surface area contributed by atoms with Crippen LogP contribution in [-0.2, 0) is 4.79 Å². The van der Waals surface area contributed by atoms with Gasteiger partial charge in [0, 0.05) is 27.7 Å². The predicted octanol–water partition coefficient (Wildman–Crippen LogP) is 5.02. The first-order valence-corrected chi connectivity index (χ1v) is 10.5. The lowest BCUT2D eigenvalue weighted by Crippen LogP contribution is -2.32. The van der Waals surface area contributed by atoms with Gasteiger partial charge in [-0.1, -0.05) is 28.1 Å². The van der Waals surface area contributed by atoms with E-state index in [-0.39, 0.29) is 16.1 Å². The summed E-state index contributed by atoms with van der Waals surface area (Å²) in [6, 6.07) is 11.5. The van der Waals surface area contributed by atoms with Crippen LogP contribution in [0.3, 0.4) is 0 Å². The summed E-state index contributed by atoms with van der Waals surface area (Å²) in [7, 11) is 0. The smallest absolute Gasteiger partial charge is 0.258 e. The molecule has 1 unspecified atom stereocenters. The Balaban J connectivity index is 1.69. The van der Waals surface area contributed by atoms with E-state index >= 15 is 0 Å². The van der Waals surface area contributed by atoms with Crippen LogP contribution in [0.1, 0.15) is 36.5 Å². The molecule has 0 bridgehead atoms. The number of aromatic nitrogens is 2. The monoisotopic (exact) mass is 469 g/mol. The van der Waals surface area contributed by atoms with Crippen molar-refractivity contribution in [2.24, 2.45) is 0 Å². The van der Waals surface area contributed by atoms with E-state index in [2.05, 4.69) is 31.2 Å². The number of halogens is 1. The fraction of sp³-hybridized carbons (Fsp3) is 0.190. The second-order valence-corrected chi connectivity index (χ2v) is 8.46. The van der Waals surface area contributed by atoms with E-state index in [4.69, 9.17) is 16.6 Å². The lowest BCUT2D eigenvalue weighted by Gasteiger charge is -2.31. The summed E-state index contributed by atoms with van der Waals surface area (Å²) in [4.78, 5) is 31.3. The summed E-state index contributed by atoms with van der Waals surface area (Å²) in [6.45, 7) is 0. The number of hydrogen-bond acceptors (Lipinski definition) is 5. The zero-order valence-electron chi connectivity index (χ0n) is 15.2. The molecule has 1 aliphatic heterocycles. The minimum atomic E-state index is -0.575. The second-order valence-electron chi connectivity index (χ2n) is 7.13. The van der Waals surface area contributed by atoms with E-state index in [1.54, 1.807) is 0 Å². The van der Waals surface area contributed by atoms with Crippen molar-refractivity contribution in [3.05, 3.63) is 78.6 Å². The van der Waals surface area contributed by atoms with E-state index in [1.807, 2.05) is 36.4 Å². The molecule has 3 heterocycles. The number of rotatable bonds is 2. The number of hydrogen-bond donors (Lipinski definition) is 3. The highest BCUT2D eigenvalue weighted by molar-refractivity contribution is 9.10. The maximum Gasteiger partial charge on any atom is 0.258 e. The van der Waals surface area contributed by atoms with E-state index in [0.717, 1.165) is 28.6 Å². The van der Waals surface area contributed by atoms with Crippen molar-refractivity contribution in [1.29, 1.82) is 0 Å². The standard InChI is InChI=1S/C21H16BrN3O3S/c22-11-6-4-10(5-7-11)14-8-9-15(28-14)17-16-12(2-1-3-13(16)26)23-19-18(17)20(27)25-21(29)24-19/h4-9,17H,1-3H2,(H3,23,24,25,27,29). The van der Waals surface area contributed by atoms with Crippen LogP contribution in [0.2, 0.25) is 0 Å². The number of benzene rings is 1. The Labute approximate surface area is 179 Å². The molecular formula is C21H16BrN3O3S. The summed E-state index contributed by atoms with van der Waals surface area (Å²) in [5.74, 6) is 1.23. The maximum atomic E-state index is 12.8. The molecule has 1 atom stereocenters. The largest absolute Gasteiger partial charge is 0.460 e. The molecule has 1 aliphatic carbocycles. The average molecular weight is 470 g/mol. The molecule has 3 aromatic rings. The fourth-order valence-corrected chi connectivity index (χ4v) is 4.51. The number of ketones is 1. The Morgan fingerprint density at radius 1 is 1.03 bits per heavy atom. The van der Waals surface area contributed by atoms with E-state index in [9.17, 15) is 9.59 Å². The predicted molar refractivity (Wildman–Crippen MR) is 115 cm³/mol. The maximum absolute atomic E-state index is 12.8. The Kier molecular flexibility index (Phi) is 4.40. The fourth-order valence-electron chi connectivity index (χ4n) is 4.06. The minimum Gasteiger partial charge on any atom is -0.460 e. The van der Waals surface area contributed by atoms with Gasteiger partial charge in [-0.25, -0.2) is 0 Å². The molecule has 29 heavy (non-hydrogen) atoms. The van der Waals surface area contributed by atoms with Crippen LogP contribution in [0.5, 0.6) is 0 Å². The van der Waals surface area contributed by atoms with Gasteiger partial charge < -0.3 is 14.7 Å². The number of aromatic amines is 2. The van der Waals surface area contributed by atoms with Crippen LogP contribution < -0.4 is 10.9 Å². The van der Waals surface area contributed by atoms with Gasteiger partial charge in [-0.2, -0.15) is 0 Å². The number of H-pyrrole nitrogens is 2. The quantitative estimate of drug-likeness (QED) is 0.458. The number of Topliss-reactive ketones (excluding diaryl/α,β-unsaturated/α-hetero) is 1. The van der Waals surface area contributed by atoms with Gasteiger partial charge >= 0.3 is 0 Å². The molecule has 0 radical (unpaired) electrons. The summed E-state index contributed by atoms with van der Waals surface area (Å²) >= 11 is 8.56. The van der Waals surface area contributed by atoms with Crippen molar-refractivity contribution >= 4 is 39.7 Å². The third kappa shape index (κ3) is 3.12. The number of nitrogens with one attached hydrogen (secondary N) is 3. The highest BCUT2D eigenvalue weighted by Crippen LogP contribution is 2.44. The zero-order valence-corrected chi connectivity index (χ0v) is 17.6. The lowest BCUT2D eigenvalue weighted by molar-refractivity contribution is -0.116. The molecule has 0 amide bonds. The summed E-state index contributed by atoms with van der Waals surface area (Å²) in [6.07, 6.45) is 1.98. The molecule has 3 N–H and O–H groups in total. The van der Waals surface area contributed by atoms with Gasteiger partial charge in [0.2, 0.25) is 0 Å². The van der Waals surface area contributed by atoms with Gasteiger partial charge in [0.15, 0.2) is 10.6 Å². The van der Waals surface area contributed by atoms with E-state index in [1.165, 1.54) is 0 Å². The van der Waals surface area contributed by atoms with Crippen molar-refractivity contribution in [3.8, 4) is 11.3 Å². The van der Waals surface area contributed by atoms with Crippen LogP contribution in [-0.4, -0.2) is 15.8 Å². The van der Waals surface area contributed by atoms with Crippen LogP contribution in [0.15, 0.2) is 61.4 Å². The van der Waals surface area contributed by atoms with Gasteiger partial charge in [0.25, 0.3) is 5.56 Å². The number of furan rings is 1. The minimum absolute atomic E-state index is 0.0397. The molecule has 6 nitrogen and oxygen atoms in total. The third-order valence-electron chi connectivity index (χ3n) is 5.33. The summed E-state index contributed by atoms with van der Waals surface area (Å²) in [5.41, 5.74) is 2.45. The number of fused-ring (bicyclic) bond motifs is 1. The summed E-state index contributed by atoms with van der Waals surface area (Å²) in [5, 5.41) is 3.23. The molecule has 0 saturated heterocycles. The highest BCUT2D eigenvalue weighted by Gasteiger charge is 2.39. The van der Waals surface area contributed by atoms with Crippen LogP contribution in [0.4, 0.5) is 5.82 Å². The molecule has 2 aliphatic rings. The van der Waals surface area contributed by atoms with Gasteiger partial charge in [0.1, 0.15) is 17.3 Å². The molecule has 0 saturated carbocycles. The first kappa shape index (κ1) is 18.3. The first-order chi connectivity index (χ1) is 14.0. The normalized spacial score (nSPS) is 18.2. The molecule has 1 aromatic carbocycles. The highest BCUT2D eigenvalue weighted by atomic mass is 79.9. The Bertz CT molecular complexity index is 1280. The molecule has 8 heteroatoms. The molecular weight excluding hydrogens is 454 g/mol. The third-order valence-corrected chi connectivity index (χ3v) is 6.06. The SMILES string of the molecule is O=C1CCCC2=C1C(c1ccc(-c3ccc(Br)cc3)o1)c1c([nH]c(=S)[nH]c1=O)N2. The van der Waals surface area contributed by atoms with Gasteiger partial charge in [-0.05, 0) is 49.3 Å². The number of carbonyl (C=O) groups is 1. The van der Waals surface area contributed by atoms with Gasteiger partial charge in [0.05, 0.1) is 11.5 Å². The van der Waals surface area contributed by atoms with E-state index < -0.39 is 5.92 Å². The number of carbonyl (C=O) groups excluding carboxylic acids is 1. The van der Waals surface area contributed by atoms with Crippen LogP contribution in [0.25, 0.3) is 11.3 Å². The Morgan fingerprint density at radius 2 is 1.83 bits per heavy atom. The van der Waals surface area contributed by atoms with Crippen molar-refractivity contribution in [1.82, 2.24) is 9.97 Å². The van der Waals surface area contributed by atoms with Crippen molar-refractivity contribution < 1.29 is 9.21 Å². The van der Waals surface area contributed by atoms with E-state index in [0.29, 0.717) is 34.9 Å². The van der Waals surface area contributed by atoms with Crippen molar-refractivity contribution in [3.63, 3.8) is 0 Å². The second kappa shape index (κ2) is 6.96. The summed E-state index contributed by atoms with van der Waals surface area (Å²) < 4.78 is 7.38. The molecule has 0 spiro atoms. The Hall–Kier alpha value is -2.71. The van der Waals surface area contributed by atoms with Crippen molar-refractivity contribution in [2.45, 2.75) is 25.2 Å². The van der Waals surface area contributed by atoms with Crippen LogP contribution >= 0.6 is 28.1 Å². The average Bonchev–Trinajstić information content (AvgIpc) is 3.17. The Morgan fingerprint density at radius 3 is 2.62 bits per heavy atom. The van der Waals surface area contributed by atoms with Gasteiger partial charge in [-0.15, -0.1) is 0 Å². The first-order valence-electron chi connectivity index (χ1n) is 9.26. The molecule has 0 fully saturated rings. The number of allylic oxidation sites excluding steroid dienone is 2. The van der Waals surface area contributed by atoms with Crippen LogP contribution in [0, 0.1) is 4.77 Å². The van der Waals surface area contributed by atoms with Crippen molar-refractivity contribution in [2.75, 3.05) is 5.32 Å². The van der Waals surface area contributed by atoms with Gasteiger partial charge in [-0.3, -0.25) is 14.6 Å².